The van der Waals surface area contributed by atoms with Gasteiger partial charge in [-0.25, -0.2) is 14.2 Å². The zero-order valence-electron chi connectivity index (χ0n) is 16.6. The minimum atomic E-state index is -1.03. The van der Waals surface area contributed by atoms with E-state index in [0.717, 1.165) is 37.0 Å². The number of amidine groups is 1. The van der Waals surface area contributed by atoms with Crippen molar-refractivity contribution in [3.63, 3.8) is 0 Å². The lowest BCUT2D eigenvalue weighted by molar-refractivity contribution is -0.0227. The van der Waals surface area contributed by atoms with Gasteiger partial charge >= 0.3 is 5.97 Å². The highest BCUT2D eigenvalue weighted by Gasteiger charge is 2.28. The number of halogens is 2. The molecule has 1 aliphatic carbocycles. The summed E-state index contributed by atoms with van der Waals surface area (Å²) < 4.78 is 28.5. The summed E-state index contributed by atoms with van der Waals surface area (Å²) >= 11 is 3.00. The van der Waals surface area contributed by atoms with E-state index in [0.29, 0.717) is 21.8 Å². The summed E-state index contributed by atoms with van der Waals surface area (Å²) in [6, 6.07) is 4.07. The van der Waals surface area contributed by atoms with E-state index in [9.17, 15) is 14.3 Å². The predicted molar refractivity (Wildman–Crippen MR) is 124 cm³/mol. The fourth-order valence-corrected chi connectivity index (χ4v) is 5.13. The number of ether oxygens (including phenoxy) is 2. The summed E-state index contributed by atoms with van der Waals surface area (Å²) in [5.41, 5.74) is 7.66. The number of thiophene rings is 1. The van der Waals surface area contributed by atoms with Gasteiger partial charge in [-0.05, 0) is 43.9 Å². The van der Waals surface area contributed by atoms with Gasteiger partial charge in [-0.1, -0.05) is 6.42 Å². The van der Waals surface area contributed by atoms with Crippen molar-refractivity contribution in [1.82, 2.24) is 0 Å². The molecule has 2 aromatic rings. The Morgan fingerprint density at radius 2 is 2.07 bits per heavy atom. The average molecular weight is 547 g/mol. The van der Waals surface area contributed by atoms with Crippen molar-refractivity contribution in [2.24, 2.45) is 10.7 Å². The maximum atomic E-state index is 14.0. The van der Waals surface area contributed by atoms with Gasteiger partial charge < -0.3 is 23.8 Å². The van der Waals surface area contributed by atoms with Crippen LogP contribution in [0.4, 0.5) is 15.1 Å². The number of rotatable bonds is 7. The molecule has 0 aliphatic heterocycles. The highest BCUT2D eigenvalue weighted by atomic mass is 127. The molecule has 1 aliphatic rings. The molecule has 2 atom stereocenters. The molecule has 4 N–H and O–H groups in total. The third kappa shape index (κ3) is 4.86. The van der Waals surface area contributed by atoms with E-state index in [2.05, 4.69) is 8.52 Å². The summed E-state index contributed by atoms with van der Waals surface area (Å²) in [5.74, 6) is -1.07. The number of carbonyl (C=O) groups is 1. The molecular formula is C20H23FIN3O4S. The first-order valence-electron chi connectivity index (χ1n) is 9.42. The van der Waals surface area contributed by atoms with Gasteiger partial charge in [0.1, 0.15) is 39.1 Å². The van der Waals surface area contributed by atoms with E-state index >= 15 is 0 Å². The first-order valence-corrected chi connectivity index (χ1v) is 11.3. The molecule has 30 heavy (non-hydrogen) atoms. The number of aromatic carboxylic acids is 1. The van der Waals surface area contributed by atoms with Crippen LogP contribution in [0.2, 0.25) is 0 Å². The van der Waals surface area contributed by atoms with E-state index in [1.807, 2.05) is 22.9 Å². The number of methoxy groups -OCH3 is 1. The van der Waals surface area contributed by atoms with Crippen LogP contribution in [0.1, 0.15) is 46.5 Å². The van der Waals surface area contributed by atoms with Gasteiger partial charge in [0, 0.05) is 13.2 Å². The molecule has 0 amide bonds. The van der Waals surface area contributed by atoms with Crippen molar-refractivity contribution in [3.05, 3.63) is 40.0 Å². The standard InChI is InChI=1S/C20H23FIN3O4S/c1-10-16(19(25-22)30-17(10)20(26)27)18(23)24-12-8-7-11(21)9-15(12)29-14-6-4-3-5-13(14)28-2/h7-9,13-14,25H,3-6H2,1-2H3,(H2,23,24)(H,26,27)/t13-,14-/m1/s1. The molecule has 0 spiro atoms. The molecule has 1 heterocycles. The predicted octanol–water partition coefficient (Wildman–Crippen LogP) is 5.03. The number of anilines is 1. The van der Waals surface area contributed by atoms with Gasteiger partial charge in [0.05, 0.1) is 34.5 Å². The van der Waals surface area contributed by atoms with E-state index in [1.165, 1.54) is 18.2 Å². The van der Waals surface area contributed by atoms with Crippen molar-refractivity contribution >= 4 is 56.7 Å². The third-order valence-corrected chi connectivity index (χ3v) is 7.17. The number of nitrogens with zero attached hydrogens (tertiary/aromatic N) is 1. The monoisotopic (exact) mass is 547 g/mol. The van der Waals surface area contributed by atoms with Gasteiger partial charge in [0.25, 0.3) is 0 Å². The van der Waals surface area contributed by atoms with E-state index in [1.54, 1.807) is 14.0 Å². The minimum absolute atomic E-state index is 0.0664. The molecule has 162 valence electrons. The molecule has 7 nitrogen and oxygen atoms in total. The fourth-order valence-electron chi connectivity index (χ4n) is 3.58. The summed E-state index contributed by atoms with van der Waals surface area (Å²) in [6.45, 7) is 1.68. The Bertz CT molecular complexity index is 966. The molecule has 1 aromatic heterocycles. The van der Waals surface area contributed by atoms with Gasteiger partial charge in [-0.3, -0.25) is 0 Å². The molecule has 0 saturated heterocycles. The zero-order valence-corrected chi connectivity index (χ0v) is 19.5. The number of carboxylic acids is 1. The minimum Gasteiger partial charge on any atom is -0.485 e. The number of benzene rings is 1. The average Bonchev–Trinajstić information content (AvgIpc) is 3.07. The van der Waals surface area contributed by atoms with Crippen LogP contribution in [0, 0.1) is 12.7 Å². The summed E-state index contributed by atoms with van der Waals surface area (Å²) in [7, 11) is 1.65. The Morgan fingerprint density at radius 1 is 1.37 bits per heavy atom. The Balaban J connectivity index is 1.98. The molecule has 0 unspecified atom stereocenters. The SMILES string of the molecule is CO[C@@H]1CCCC[C@H]1Oc1cc(F)ccc1N=C(N)c1c(NI)sc(C(=O)O)c1C. The largest absolute Gasteiger partial charge is 0.485 e. The number of hydrogen-bond donors (Lipinski definition) is 3. The van der Waals surface area contributed by atoms with Gasteiger partial charge in [-0.15, -0.1) is 11.3 Å². The van der Waals surface area contributed by atoms with E-state index < -0.39 is 11.8 Å². The lowest BCUT2D eigenvalue weighted by Crippen LogP contribution is -2.36. The Kier molecular flexibility index (Phi) is 7.53. The second-order valence-electron chi connectivity index (χ2n) is 6.98. The summed E-state index contributed by atoms with van der Waals surface area (Å²) in [6.07, 6.45) is 3.50. The maximum Gasteiger partial charge on any atom is 0.346 e. The second kappa shape index (κ2) is 9.92. The molecular weight excluding hydrogens is 524 g/mol. The normalized spacial score (nSPS) is 19.5. The van der Waals surface area contributed by atoms with Crippen LogP contribution in [0.3, 0.4) is 0 Å². The van der Waals surface area contributed by atoms with Gasteiger partial charge in [0.15, 0.2) is 0 Å². The van der Waals surface area contributed by atoms with Crippen LogP contribution >= 0.6 is 34.2 Å². The van der Waals surface area contributed by atoms with Crippen molar-refractivity contribution in [2.75, 3.05) is 10.6 Å². The quantitative estimate of drug-likeness (QED) is 0.194. The number of nitrogens with two attached hydrogens (primary N) is 1. The first-order chi connectivity index (χ1) is 14.3. The first kappa shape index (κ1) is 22.8. The lowest BCUT2D eigenvalue weighted by atomic mass is 9.94. The number of aliphatic imine (C=N–C) groups is 1. The smallest absolute Gasteiger partial charge is 0.346 e. The summed E-state index contributed by atoms with van der Waals surface area (Å²) in [5, 5.41) is 9.99. The highest BCUT2D eigenvalue weighted by Crippen LogP contribution is 2.37. The van der Waals surface area contributed by atoms with Gasteiger partial charge in [-0.2, -0.15) is 0 Å². The van der Waals surface area contributed by atoms with Crippen LogP contribution in [-0.2, 0) is 4.74 Å². The molecule has 0 bridgehead atoms. The van der Waals surface area contributed by atoms with Crippen LogP contribution in [0.25, 0.3) is 0 Å². The molecule has 1 aromatic carbocycles. The zero-order chi connectivity index (χ0) is 21.8. The number of nitrogens with one attached hydrogen (secondary N) is 1. The van der Waals surface area contributed by atoms with Crippen molar-refractivity contribution < 1.29 is 23.8 Å². The highest BCUT2D eigenvalue weighted by molar-refractivity contribution is 14.1. The van der Waals surface area contributed by atoms with E-state index in [4.69, 9.17) is 15.2 Å². The molecule has 10 heteroatoms. The van der Waals surface area contributed by atoms with Crippen molar-refractivity contribution in [2.45, 2.75) is 44.8 Å². The molecule has 0 radical (unpaired) electrons. The maximum absolute atomic E-state index is 14.0. The Labute approximate surface area is 192 Å². The number of carboxylic acid groups (broad SMARTS) is 1. The Hall–Kier alpha value is -1.92. The third-order valence-electron chi connectivity index (χ3n) is 5.07. The number of hydrogen-bond acceptors (Lipinski definition) is 6. The van der Waals surface area contributed by atoms with Crippen molar-refractivity contribution in [3.8, 4) is 5.75 Å². The van der Waals surface area contributed by atoms with Crippen LogP contribution in [-0.4, -0.2) is 36.2 Å². The van der Waals surface area contributed by atoms with E-state index in [-0.39, 0.29) is 28.7 Å². The fraction of sp³-hybridized carbons (Fsp3) is 0.400. The molecule has 1 fully saturated rings. The molecule has 1 saturated carbocycles. The van der Waals surface area contributed by atoms with Gasteiger partial charge in [0.2, 0.25) is 0 Å². The van der Waals surface area contributed by atoms with Crippen LogP contribution in [0.15, 0.2) is 23.2 Å². The Morgan fingerprint density at radius 3 is 2.70 bits per heavy atom. The van der Waals surface area contributed by atoms with Crippen LogP contribution < -0.4 is 14.0 Å². The topological polar surface area (TPSA) is 106 Å². The second-order valence-corrected chi connectivity index (χ2v) is 8.54. The summed E-state index contributed by atoms with van der Waals surface area (Å²) in [4.78, 5) is 16.1. The molecule has 3 rings (SSSR count). The van der Waals surface area contributed by atoms with Crippen molar-refractivity contribution in [1.29, 1.82) is 0 Å². The van der Waals surface area contributed by atoms with Crippen LogP contribution in [0.5, 0.6) is 5.75 Å². The lowest BCUT2D eigenvalue weighted by Gasteiger charge is -2.31.